The summed E-state index contributed by atoms with van der Waals surface area (Å²) in [7, 11) is 0. The molecule has 21 heavy (non-hydrogen) atoms. The lowest BCUT2D eigenvalue weighted by molar-refractivity contribution is 0.103. The Morgan fingerprint density at radius 1 is 0.952 bits per heavy atom. The van der Waals surface area contributed by atoms with E-state index in [0.29, 0.717) is 21.8 Å². The third kappa shape index (κ3) is 2.78. The van der Waals surface area contributed by atoms with Gasteiger partial charge in [0.2, 0.25) is 0 Å². The number of aryl methyl sites for hydroxylation is 2. The molecule has 2 aromatic rings. The average Bonchev–Trinajstić information content (AvgIpc) is 2.40. The highest BCUT2D eigenvalue weighted by Gasteiger charge is 2.21. The lowest BCUT2D eigenvalue weighted by Crippen LogP contribution is -2.10. The SMILES string of the molecule is Cc1cc(C)c(C)c(C(=O)c2cc(N)cc(Cl)c2Cl)c1C. The first kappa shape index (κ1) is 15.9. The van der Waals surface area contributed by atoms with Crippen molar-refractivity contribution in [2.24, 2.45) is 0 Å². The minimum Gasteiger partial charge on any atom is -0.399 e. The Labute approximate surface area is 134 Å². The van der Waals surface area contributed by atoms with Gasteiger partial charge in [-0.25, -0.2) is 0 Å². The molecule has 0 radical (unpaired) electrons. The van der Waals surface area contributed by atoms with E-state index in [4.69, 9.17) is 28.9 Å². The van der Waals surface area contributed by atoms with Gasteiger partial charge in [-0.3, -0.25) is 4.79 Å². The quantitative estimate of drug-likeness (QED) is 0.622. The summed E-state index contributed by atoms with van der Waals surface area (Å²) < 4.78 is 0. The van der Waals surface area contributed by atoms with Crippen molar-refractivity contribution in [2.75, 3.05) is 5.73 Å². The fourth-order valence-electron chi connectivity index (χ4n) is 2.47. The molecule has 0 aromatic heterocycles. The maximum atomic E-state index is 12.9. The van der Waals surface area contributed by atoms with E-state index in [1.54, 1.807) is 12.1 Å². The fraction of sp³-hybridized carbons (Fsp3) is 0.235. The summed E-state index contributed by atoms with van der Waals surface area (Å²) in [6.45, 7) is 7.87. The number of rotatable bonds is 2. The summed E-state index contributed by atoms with van der Waals surface area (Å²) in [6.07, 6.45) is 0. The number of halogens is 2. The number of hydrogen-bond donors (Lipinski definition) is 1. The molecule has 0 aliphatic rings. The molecule has 4 heteroatoms. The normalized spacial score (nSPS) is 10.8. The first-order valence-corrected chi connectivity index (χ1v) is 7.36. The molecule has 0 saturated heterocycles. The van der Waals surface area contributed by atoms with Crippen LogP contribution in [-0.4, -0.2) is 5.78 Å². The zero-order valence-electron chi connectivity index (χ0n) is 12.5. The van der Waals surface area contributed by atoms with Crippen LogP contribution in [0.3, 0.4) is 0 Å². The number of nitrogens with two attached hydrogens (primary N) is 1. The highest BCUT2D eigenvalue weighted by atomic mass is 35.5. The molecule has 0 bridgehead atoms. The Balaban J connectivity index is 2.72. The maximum absolute atomic E-state index is 12.9. The summed E-state index contributed by atoms with van der Waals surface area (Å²) in [5, 5.41) is 0.536. The molecular weight excluding hydrogens is 305 g/mol. The van der Waals surface area contributed by atoms with Crippen LogP contribution in [0.25, 0.3) is 0 Å². The van der Waals surface area contributed by atoms with Gasteiger partial charge in [0.05, 0.1) is 10.0 Å². The molecule has 0 fully saturated rings. The van der Waals surface area contributed by atoms with Crippen LogP contribution in [0.4, 0.5) is 5.69 Å². The number of anilines is 1. The van der Waals surface area contributed by atoms with Gasteiger partial charge in [0.15, 0.2) is 5.78 Å². The third-order valence-corrected chi connectivity index (χ3v) is 4.69. The van der Waals surface area contributed by atoms with E-state index in [2.05, 4.69) is 6.07 Å². The lowest BCUT2D eigenvalue weighted by Gasteiger charge is -2.15. The van der Waals surface area contributed by atoms with Crippen molar-refractivity contribution in [3.05, 3.63) is 61.6 Å². The van der Waals surface area contributed by atoms with E-state index in [1.165, 1.54) is 0 Å². The van der Waals surface area contributed by atoms with E-state index >= 15 is 0 Å². The van der Waals surface area contributed by atoms with Crippen molar-refractivity contribution in [3.63, 3.8) is 0 Å². The zero-order valence-corrected chi connectivity index (χ0v) is 14.0. The number of hydrogen-bond acceptors (Lipinski definition) is 2. The predicted octanol–water partition coefficient (Wildman–Crippen LogP) is 5.04. The number of carbonyl (C=O) groups excluding carboxylic acids is 1. The Morgan fingerprint density at radius 2 is 1.48 bits per heavy atom. The lowest BCUT2D eigenvalue weighted by atomic mass is 9.89. The summed E-state index contributed by atoms with van der Waals surface area (Å²) >= 11 is 12.2. The molecule has 0 aliphatic carbocycles. The van der Waals surface area contributed by atoms with Gasteiger partial charge in [-0.05, 0) is 62.1 Å². The fourth-order valence-corrected chi connectivity index (χ4v) is 2.89. The highest BCUT2D eigenvalue weighted by molar-refractivity contribution is 6.44. The molecule has 2 aromatic carbocycles. The van der Waals surface area contributed by atoms with Crippen molar-refractivity contribution >= 4 is 34.7 Å². The van der Waals surface area contributed by atoms with E-state index < -0.39 is 0 Å². The van der Waals surface area contributed by atoms with Crippen LogP contribution >= 0.6 is 23.2 Å². The van der Waals surface area contributed by atoms with Crippen LogP contribution in [0.1, 0.15) is 38.2 Å². The Bertz CT molecular complexity index is 725. The Morgan fingerprint density at radius 3 is 2.00 bits per heavy atom. The summed E-state index contributed by atoms with van der Waals surface area (Å²) in [5.41, 5.74) is 11.3. The van der Waals surface area contributed by atoms with Crippen molar-refractivity contribution < 1.29 is 4.79 Å². The minimum atomic E-state index is -0.143. The molecule has 2 nitrogen and oxygen atoms in total. The summed E-state index contributed by atoms with van der Waals surface area (Å²) in [4.78, 5) is 12.9. The van der Waals surface area contributed by atoms with Crippen LogP contribution in [0.2, 0.25) is 10.0 Å². The third-order valence-electron chi connectivity index (χ3n) is 3.89. The van der Waals surface area contributed by atoms with Crippen LogP contribution in [0.15, 0.2) is 18.2 Å². The number of carbonyl (C=O) groups is 1. The minimum absolute atomic E-state index is 0.143. The zero-order chi connectivity index (χ0) is 15.9. The topological polar surface area (TPSA) is 43.1 Å². The summed E-state index contributed by atoms with van der Waals surface area (Å²) in [5.74, 6) is -0.143. The van der Waals surface area contributed by atoms with Gasteiger partial charge in [-0.15, -0.1) is 0 Å². The maximum Gasteiger partial charge on any atom is 0.195 e. The van der Waals surface area contributed by atoms with Crippen molar-refractivity contribution in [1.29, 1.82) is 0 Å². The van der Waals surface area contributed by atoms with Gasteiger partial charge in [0.25, 0.3) is 0 Å². The molecule has 0 aliphatic heterocycles. The summed E-state index contributed by atoms with van der Waals surface area (Å²) in [6, 6.07) is 5.20. The first-order chi connectivity index (χ1) is 9.73. The van der Waals surface area contributed by atoms with E-state index in [0.717, 1.165) is 22.3 Å². The second kappa shape index (κ2) is 5.70. The number of benzene rings is 2. The number of nitrogen functional groups attached to an aromatic ring is 1. The second-order valence-corrected chi connectivity index (χ2v) is 6.11. The molecular formula is C17H17Cl2NO. The van der Waals surface area contributed by atoms with Crippen LogP contribution in [-0.2, 0) is 0 Å². The molecule has 0 saturated carbocycles. The van der Waals surface area contributed by atoms with Crippen LogP contribution < -0.4 is 5.73 Å². The molecule has 110 valence electrons. The monoisotopic (exact) mass is 321 g/mol. The van der Waals surface area contributed by atoms with Crippen LogP contribution in [0.5, 0.6) is 0 Å². The smallest absolute Gasteiger partial charge is 0.195 e. The Kier molecular flexibility index (Phi) is 4.31. The highest BCUT2D eigenvalue weighted by Crippen LogP contribution is 2.32. The molecule has 2 rings (SSSR count). The van der Waals surface area contributed by atoms with E-state index in [-0.39, 0.29) is 10.8 Å². The van der Waals surface area contributed by atoms with Gasteiger partial charge in [0.1, 0.15) is 0 Å². The van der Waals surface area contributed by atoms with Gasteiger partial charge in [-0.1, -0.05) is 29.3 Å². The van der Waals surface area contributed by atoms with Crippen molar-refractivity contribution in [1.82, 2.24) is 0 Å². The van der Waals surface area contributed by atoms with Gasteiger partial charge >= 0.3 is 0 Å². The molecule has 0 spiro atoms. The van der Waals surface area contributed by atoms with Crippen LogP contribution in [0, 0.1) is 27.7 Å². The van der Waals surface area contributed by atoms with E-state index in [9.17, 15) is 4.79 Å². The molecule has 2 N–H and O–H groups in total. The van der Waals surface area contributed by atoms with Gasteiger partial charge in [-0.2, -0.15) is 0 Å². The molecule has 0 unspecified atom stereocenters. The first-order valence-electron chi connectivity index (χ1n) is 6.60. The molecule has 0 amide bonds. The average molecular weight is 322 g/mol. The molecule has 0 heterocycles. The largest absolute Gasteiger partial charge is 0.399 e. The van der Waals surface area contributed by atoms with Gasteiger partial charge < -0.3 is 5.73 Å². The predicted molar refractivity (Wildman–Crippen MR) is 89.7 cm³/mol. The standard InChI is InChI=1S/C17H17Cl2NO/c1-8-5-9(2)11(4)15(10(8)3)17(21)13-6-12(20)7-14(18)16(13)19/h5-7H,20H2,1-4H3. The Hall–Kier alpha value is -1.51. The second-order valence-electron chi connectivity index (χ2n) is 5.33. The van der Waals surface area contributed by atoms with Crippen molar-refractivity contribution in [2.45, 2.75) is 27.7 Å². The van der Waals surface area contributed by atoms with Gasteiger partial charge in [0, 0.05) is 16.8 Å². The van der Waals surface area contributed by atoms with E-state index in [1.807, 2.05) is 27.7 Å². The van der Waals surface area contributed by atoms with Crippen molar-refractivity contribution in [3.8, 4) is 0 Å². The molecule has 0 atom stereocenters. The number of ketones is 1.